The molecule has 170 valence electrons. The van der Waals surface area contributed by atoms with Crippen molar-refractivity contribution in [3.8, 4) is 34.5 Å². The monoisotopic (exact) mass is 458 g/mol. The molecule has 6 nitrogen and oxygen atoms in total. The SMILES string of the molecule is CC1(F)Oc2ccc(O[Si](C)(C)C(C)(C)C)cc2O1.Oc1ccc2c(c1)OC(F)(F)O2. The number of benzene rings is 2. The summed E-state index contributed by atoms with van der Waals surface area (Å²) in [5.74, 6) is 1.13. The highest BCUT2D eigenvalue weighted by Gasteiger charge is 2.43. The summed E-state index contributed by atoms with van der Waals surface area (Å²) in [6.45, 7) is 12.1. The van der Waals surface area contributed by atoms with Crippen molar-refractivity contribution in [3.05, 3.63) is 36.4 Å². The van der Waals surface area contributed by atoms with Gasteiger partial charge >= 0.3 is 12.3 Å². The summed E-state index contributed by atoms with van der Waals surface area (Å²) in [7, 11) is -1.90. The van der Waals surface area contributed by atoms with E-state index in [0.29, 0.717) is 17.2 Å². The molecule has 1 atom stereocenters. The Morgan fingerprint density at radius 2 is 1.35 bits per heavy atom. The van der Waals surface area contributed by atoms with Crippen LogP contribution in [0.3, 0.4) is 0 Å². The zero-order chi connectivity index (χ0) is 23.2. The molecule has 2 aromatic carbocycles. The van der Waals surface area contributed by atoms with Crippen LogP contribution in [0.25, 0.3) is 0 Å². The van der Waals surface area contributed by atoms with E-state index in [-0.39, 0.29) is 22.3 Å². The van der Waals surface area contributed by atoms with Gasteiger partial charge in [0, 0.05) is 19.1 Å². The largest absolute Gasteiger partial charge is 0.586 e. The molecule has 0 aliphatic carbocycles. The molecule has 10 heteroatoms. The van der Waals surface area contributed by atoms with E-state index >= 15 is 0 Å². The van der Waals surface area contributed by atoms with E-state index in [9.17, 15) is 13.2 Å². The van der Waals surface area contributed by atoms with Gasteiger partial charge in [0.1, 0.15) is 11.5 Å². The zero-order valence-electron chi connectivity index (χ0n) is 18.1. The number of phenols is 1. The number of alkyl halides is 3. The topological polar surface area (TPSA) is 66.4 Å². The van der Waals surface area contributed by atoms with Crippen molar-refractivity contribution in [2.45, 2.75) is 58.2 Å². The predicted octanol–water partition coefficient (Wildman–Crippen LogP) is 6.20. The molecule has 1 unspecified atom stereocenters. The number of hydrogen-bond donors (Lipinski definition) is 1. The Balaban J connectivity index is 0.000000194. The summed E-state index contributed by atoms with van der Waals surface area (Å²) < 4.78 is 62.6. The van der Waals surface area contributed by atoms with E-state index in [1.807, 2.05) is 0 Å². The van der Waals surface area contributed by atoms with Gasteiger partial charge in [-0.15, -0.1) is 8.78 Å². The third-order valence-corrected chi connectivity index (χ3v) is 9.42. The minimum atomic E-state index is -3.61. The van der Waals surface area contributed by atoms with E-state index in [1.165, 1.54) is 19.1 Å². The molecule has 2 aliphatic heterocycles. The Morgan fingerprint density at radius 1 is 0.839 bits per heavy atom. The Bertz CT molecular complexity index is 972. The van der Waals surface area contributed by atoms with E-state index in [1.54, 1.807) is 18.2 Å². The van der Waals surface area contributed by atoms with Crippen LogP contribution in [0.2, 0.25) is 18.1 Å². The van der Waals surface area contributed by atoms with Crippen LogP contribution in [-0.2, 0) is 0 Å². The first-order valence-corrected chi connectivity index (χ1v) is 12.5. The van der Waals surface area contributed by atoms with Crippen molar-refractivity contribution in [1.82, 2.24) is 0 Å². The summed E-state index contributed by atoms with van der Waals surface area (Å²) in [6.07, 6.45) is -3.61. The lowest BCUT2D eigenvalue weighted by molar-refractivity contribution is -0.286. The van der Waals surface area contributed by atoms with Gasteiger partial charge in [-0.3, -0.25) is 0 Å². The lowest BCUT2D eigenvalue weighted by Crippen LogP contribution is -2.43. The van der Waals surface area contributed by atoms with Crippen molar-refractivity contribution in [3.63, 3.8) is 0 Å². The average molecular weight is 459 g/mol. The van der Waals surface area contributed by atoms with Gasteiger partial charge in [-0.2, -0.15) is 4.39 Å². The highest BCUT2D eigenvalue weighted by atomic mass is 28.4. The van der Waals surface area contributed by atoms with Gasteiger partial charge in [-0.05, 0) is 42.4 Å². The zero-order valence-corrected chi connectivity index (χ0v) is 19.1. The Hall–Kier alpha value is -2.75. The van der Waals surface area contributed by atoms with Crippen LogP contribution < -0.4 is 23.4 Å². The summed E-state index contributed by atoms with van der Waals surface area (Å²) in [5.41, 5.74) is 0. The molecule has 31 heavy (non-hydrogen) atoms. The third kappa shape index (κ3) is 5.30. The van der Waals surface area contributed by atoms with Crippen LogP contribution >= 0.6 is 0 Å². The highest BCUT2D eigenvalue weighted by molar-refractivity contribution is 6.74. The molecule has 2 heterocycles. The van der Waals surface area contributed by atoms with Crippen molar-refractivity contribution in [2.24, 2.45) is 0 Å². The van der Waals surface area contributed by atoms with Gasteiger partial charge < -0.3 is 28.5 Å². The van der Waals surface area contributed by atoms with Crippen LogP contribution in [0.15, 0.2) is 36.4 Å². The van der Waals surface area contributed by atoms with Gasteiger partial charge in [0.2, 0.25) is 8.32 Å². The van der Waals surface area contributed by atoms with Crippen LogP contribution in [0.4, 0.5) is 13.2 Å². The lowest BCUT2D eigenvalue weighted by atomic mass is 10.2. The van der Waals surface area contributed by atoms with E-state index in [0.717, 1.165) is 6.07 Å². The number of aromatic hydroxyl groups is 1. The van der Waals surface area contributed by atoms with Crippen LogP contribution in [0.5, 0.6) is 34.5 Å². The summed E-state index contributed by atoms with van der Waals surface area (Å²) in [5, 5.41) is 9.00. The fraction of sp³-hybridized carbons (Fsp3) is 0.429. The molecular weight excluding hydrogens is 433 g/mol. The lowest BCUT2D eigenvalue weighted by Gasteiger charge is -2.36. The number of hydrogen-bond acceptors (Lipinski definition) is 6. The summed E-state index contributed by atoms with van der Waals surface area (Å²) in [6, 6.07) is 6.61. The van der Waals surface area contributed by atoms with Crippen molar-refractivity contribution >= 4 is 8.32 Å². The maximum atomic E-state index is 13.6. The molecule has 0 amide bonds. The standard InChI is InChI=1S/C14H21FO3Si.C7H4F2O3/c1-13(2,3)19(5,6)18-10-7-8-11-12(9-10)17-14(4,15)16-11;8-7(9)11-5-2-1-4(10)3-6(5)12-7/h7-9H,1-6H3;1-3,10H. The van der Waals surface area contributed by atoms with Crippen molar-refractivity contribution < 1.29 is 41.7 Å². The fourth-order valence-electron chi connectivity index (χ4n) is 2.52. The van der Waals surface area contributed by atoms with Crippen LogP contribution in [0.1, 0.15) is 27.7 Å². The molecule has 0 spiro atoms. The van der Waals surface area contributed by atoms with E-state index < -0.39 is 20.7 Å². The number of ether oxygens (including phenoxy) is 4. The molecule has 2 aromatic rings. The van der Waals surface area contributed by atoms with Crippen molar-refractivity contribution in [2.75, 3.05) is 0 Å². The average Bonchev–Trinajstić information content (AvgIpc) is 3.05. The molecular formula is C21H25F3O6Si. The number of phenolic OH excluding ortho intramolecular Hbond substituents is 1. The predicted molar refractivity (Wildman–Crippen MR) is 109 cm³/mol. The maximum Gasteiger partial charge on any atom is 0.586 e. The molecule has 0 aromatic heterocycles. The number of fused-ring (bicyclic) bond motifs is 2. The van der Waals surface area contributed by atoms with E-state index in [2.05, 4.69) is 43.3 Å². The first-order chi connectivity index (χ1) is 14.1. The molecule has 0 fully saturated rings. The molecule has 0 saturated heterocycles. The summed E-state index contributed by atoms with van der Waals surface area (Å²) in [4.78, 5) is 0. The molecule has 0 bridgehead atoms. The van der Waals surface area contributed by atoms with Gasteiger partial charge in [-0.1, -0.05) is 20.8 Å². The third-order valence-electron chi connectivity index (χ3n) is 5.06. The second-order valence-corrected chi connectivity index (χ2v) is 13.5. The van der Waals surface area contributed by atoms with E-state index in [4.69, 9.17) is 19.0 Å². The van der Waals surface area contributed by atoms with Crippen molar-refractivity contribution in [1.29, 1.82) is 0 Å². The van der Waals surface area contributed by atoms with Gasteiger partial charge in [0.25, 0.3) is 0 Å². The molecule has 2 aliphatic rings. The first-order valence-electron chi connectivity index (χ1n) is 9.56. The first kappa shape index (κ1) is 22.9. The Morgan fingerprint density at radius 3 is 2.00 bits per heavy atom. The van der Waals surface area contributed by atoms with Crippen LogP contribution in [-0.4, -0.2) is 25.8 Å². The highest BCUT2D eigenvalue weighted by Crippen LogP contribution is 2.44. The maximum absolute atomic E-state index is 13.6. The molecule has 0 saturated carbocycles. The van der Waals surface area contributed by atoms with Gasteiger partial charge in [-0.25, -0.2) is 0 Å². The minimum absolute atomic E-state index is 0.0715. The fourth-order valence-corrected chi connectivity index (χ4v) is 3.54. The molecule has 0 radical (unpaired) electrons. The second kappa shape index (κ2) is 7.43. The quantitative estimate of drug-likeness (QED) is 0.541. The smallest absolute Gasteiger partial charge is 0.543 e. The normalized spacial score (nSPS) is 20.7. The molecule has 1 N–H and O–H groups in total. The van der Waals surface area contributed by atoms with Gasteiger partial charge in [0.15, 0.2) is 23.0 Å². The summed E-state index contributed by atoms with van der Waals surface area (Å²) >= 11 is 0. The molecule has 4 rings (SSSR count). The van der Waals surface area contributed by atoms with Crippen LogP contribution in [0, 0.1) is 0 Å². The Kier molecular flexibility index (Phi) is 5.50. The number of rotatable bonds is 2. The second-order valence-electron chi connectivity index (χ2n) is 8.81. The minimum Gasteiger partial charge on any atom is -0.543 e. The van der Waals surface area contributed by atoms with Gasteiger partial charge in [0.05, 0.1) is 0 Å². The number of halogens is 3. The Labute approximate surface area is 179 Å².